The van der Waals surface area contributed by atoms with Gasteiger partial charge < -0.3 is 10.2 Å². The summed E-state index contributed by atoms with van der Waals surface area (Å²) in [4.78, 5) is 23.3. The summed E-state index contributed by atoms with van der Waals surface area (Å²) in [5, 5.41) is 14.8. The molecule has 0 radical (unpaired) electrons. The molecule has 1 N–H and O–H groups in total. The van der Waals surface area contributed by atoms with Crippen LogP contribution in [0.2, 0.25) is 5.02 Å². The predicted octanol–water partition coefficient (Wildman–Crippen LogP) is 4.38. The van der Waals surface area contributed by atoms with Crippen molar-refractivity contribution < 1.29 is 18.0 Å². The number of alkyl halides is 3. The molecule has 0 aliphatic rings. The van der Waals surface area contributed by atoms with E-state index in [1.807, 2.05) is 19.0 Å². The molecule has 5 rings (SSSR count). The number of nitrogens with one attached hydrogen (secondary N) is 1. The third kappa shape index (κ3) is 4.80. The number of hydrogen-bond acceptors (Lipinski definition) is 7. The Balaban J connectivity index is 1.48. The first kappa shape index (κ1) is 25.3. The van der Waals surface area contributed by atoms with Crippen LogP contribution in [0.4, 0.5) is 18.9 Å². The van der Waals surface area contributed by atoms with E-state index in [0.29, 0.717) is 27.8 Å². The highest BCUT2D eigenvalue weighted by atomic mass is 35.5. The fraction of sp³-hybridized carbons (Fsp3) is 0.167. The number of anilines is 1. The number of carbonyl (C=O) groups is 1. The molecule has 0 atom stereocenters. The van der Waals surface area contributed by atoms with Crippen molar-refractivity contribution in [2.75, 3.05) is 19.4 Å². The van der Waals surface area contributed by atoms with E-state index < -0.39 is 23.3 Å². The lowest BCUT2D eigenvalue weighted by atomic mass is 10.1. The minimum atomic E-state index is -4.89. The second-order valence-electron chi connectivity index (χ2n) is 8.52. The predicted molar refractivity (Wildman–Crippen MR) is 133 cm³/mol. The standard InChI is InChI=1S/C24H19ClF3N9O/c1-35(2)13-15-11-31-34-36(15)22-18(25)9-14(10-30-22)33-23(38)17-12-32-37(21(17)24(26,27)28)20-7-3-6-19-16(20)5-4-8-29-19/h3-12H,13H2,1-2H3,(H,33,38). The van der Waals surface area contributed by atoms with Gasteiger partial charge in [-0.15, -0.1) is 5.10 Å². The summed E-state index contributed by atoms with van der Waals surface area (Å²) in [5.74, 6) is -0.769. The first-order valence-electron chi connectivity index (χ1n) is 11.1. The van der Waals surface area contributed by atoms with Crippen LogP contribution in [0, 0.1) is 0 Å². The zero-order chi connectivity index (χ0) is 27.0. The first-order valence-corrected chi connectivity index (χ1v) is 11.5. The summed E-state index contributed by atoms with van der Waals surface area (Å²) < 4.78 is 44.8. The van der Waals surface area contributed by atoms with Gasteiger partial charge in [0.25, 0.3) is 5.91 Å². The number of hydrogen-bond donors (Lipinski definition) is 1. The number of fused-ring (bicyclic) bond motifs is 1. The molecule has 4 aromatic heterocycles. The highest BCUT2D eigenvalue weighted by molar-refractivity contribution is 6.32. The Kier molecular flexibility index (Phi) is 6.55. The Morgan fingerprint density at radius 1 is 1.08 bits per heavy atom. The van der Waals surface area contributed by atoms with Crippen LogP contribution in [0.15, 0.2) is 61.2 Å². The lowest BCUT2D eigenvalue weighted by Gasteiger charge is -2.14. The van der Waals surface area contributed by atoms with Crippen LogP contribution in [0.1, 0.15) is 21.7 Å². The number of amides is 1. The smallest absolute Gasteiger partial charge is 0.320 e. The van der Waals surface area contributed by atoms with Crippen molar-refractivity contribution in [3.8, 4) is 11.5 Å². The van der Waals surface area contributed by atoms with Gasteiger partial charge in [0.05, 0.1) is 51.8 Å². The molecule has 0 saturated carbocycles. The SMILES string of the molecule is CN(C)Cc1cnnn1-c1ncc(NC(=O)c2cnn(-c3cccc4ncccc34)c2C(F)(F)F)cc1Cl. The first-order chi connectivity index (χ1) is 18.1. The minimum Gasteiger partial charge on any atom is -0.320 e. The lowest BCUT2D eigenvalue weighted by molar-refractivity contribution is -0.143. The second-order valence-corrected chi connectivity index (χ2v) is 8.93. The monoisotopic (exact) mass is 541 g/mol. The van der Waals surface area contributed by atoms with Crippen LogP contribution >= 0.6 is 11.6 Å². The van der Waals surface area contributed by atoms with Gasteiger partial charge in [-0.25, -0.2) is 9.67 Å². The van der Waals surface area contributed by atoms with Gasteiger partial charge in [-0.3, -0.25) is 9.78 Å². The zero-order valence-corrected chi connectivity index (χ0v) is 20.7. The van der Waals surface area contributed by atoms with E-state index in [2.05, 4.69) is 30.7 Å². The number of carbonyl (C=O) groups excluding carboxylic acids is 1. The van der Waals surface area contributed by atoms with E-state index in [0.717, 1.165) is 6.20 Å². The average Bonchev–Trinajstić information content (AvgIpc) is 3.51. The lowest BCUT2D eigenvalue weighted by Crippen LogP contribution is -2.21. The van der Waals surface area contributed by atoms with Crippen LogP contribution in [0.5, 0.6) is 0 Å². The molecule has 10 nitrogen and oxygen atoms in total. The summed E-state index contributed by atoms with van der Waals surface area (Å²) in [5.41, 5.74) is -0.458. The van der Waals surface area contributed by atoms with Crippen molar-refractivity contribution in [1.82, 2.24) is 39.6 Å². The summed E-state index contributed by atoms with van der Waals surface area (Å²) in [6, 6.07) is 9.34. The summed E-state index contributed by atoms with van der Waals surface area (Å²) in [6.45, 7) is 0.514. The van der Waals surface area contributed by atoms with Gasteiger partial charge in [0.1, 0.15) is 0 Å². The molecule has 5 aromatic rings. The third-order valence-electron chi connectivity index (χ3n) is 5.51. The van der Waals surface area contributed by atoms with E-state index in [4.69, 9.17) is 11.6 Å². The number of rotatable bonds is 6. The Hall–Kier alpha value is -4.36. The van der Waals surface area contributed by atoms with Crippen LogP contribution in [0.25, 0.3) is 22.4 Å². The maximum Gasteiger partial charge on any atom is 0.434 e. The molecule has 0 saturated heterocycles. The summed E-state index contributed by atoms with van der Waals surface area (Å²) in [7, 11) is 3.75. The summed E-state index contributed by atoms with van der Waals surface area (Å²) >= 11 is 6.38. The quantitative estimate of drug-likeness (QED) is 0.340. The molecule has 0 fully saturated rings. The molecule has 4 heterocycles. The van der Waals surface area contributed by atoms with E-state index in [9.17, 15) is 18.0 Å². The Morgan fingerprint density at radius 3 is 2.63 bits per heavy atom. The number of pyridine rings is 2. The van der Waals surface area contributed by atoms with Gasteiger partial charge in [-0.2, -0.15) is 23.0 Å². The zero-order valence-electron chi connectivity index (χ0n) is 20.0. The Morgan fingerprint density at radius 2 is 1.89 bits per heavy atom. The van der Waals surface area contributed by atoms with Crippen LogP contribution in [0.3, 0.4) is 0 Å². The number of aromatic nitrogens is 7. The van der Waals surface area contributed by atoms with E-state index in [-0.39, 0.29) is 22.2 Å². The molecular formula is C24H19ClF3N9O. The fourth-order valence-electron chi connectivity index (χ4n) is 3.96. The van der Waals surface area contributed by atoms with Crippen LogP contribution < -0.4 is 5.32 Å². The summed E-state index contributed by atoms with van der Waals surface area (Å²) in [6.07, 6.45) is 0.363. The molecule has 38 heavy (non-hydrogen) atoms. The van der Waals surface area contributed by atoms with Crippen molar-refractivity contribution in [3.63, 3.8) is 0 Å². The third-order valence-corrected chi connectivity index (χ3v) is 5.79. The van der Waals surface area contributed by atoms with Gasteiger partial charge in [0.15, 0.2) is 11.5 Å². The molecule has 1 amide bonds. The molecule has 0 bridgehead atoms. The minimum absolute atomic E-state index is 0.0910. The van der Waals surface area contributed by atoms with E-state index in [1.165, 1.54) is 29.2 Å². The Labute approximate surface area is 218 Å². The van der Waals surface area contributed by atoms with Crippen LogP contribution in [-0.4, -0.2) is 59.6 Å². The largest absolute Gasteiger partial charge is 0.434 e. The van der Waals surface area contributed by atoms with Crippen molar-refractivity contribution in [3.05, 3.63) is 83.2 Å². The highest BCUT2D eigenvalue weighted by Crippen LogP contribution is 2.35. The van der Waals surface area contributed by atoms with E-state index >= 15 is 0 Å². The normalized spacial score (nSPS) is 11.9. The van der Waals surface area contributed by atoms with Gasteiger partial charge in [-0.1, -0.05) is 22.9 Å². The number of nitrogens with zero attached hydrogens (tertiary/aromatic N) is 8. The molecular weight excluding hydrogens is 523 g/mol. The van der Waals surface area contributed by atoms with Gasteiger partial charge in [0, 0.05) is 18.1 Å². The van der Waals surface area contributed by atoms with Gasteiger partial charge >= 0.3 is 6.18 Å². The number of benzene rings is 1. The molecule has 1 aromatic carbocycles. The fourth-order valence-corrected chi connectivity index (χ4v) is 4.21. The van der Waals surface area contributed by atoms with E-state index in [1.54, 1.807) is 30.5 Å². The Bertz CT molecular complexity index is 1640. The topological polar surface area (TPSA) is 107 Å². The van der Waals surface area contributed by atoms with Gasteiger partial charge in [-0.05, 0) is 44.4 Å². The van der Waals surface area contributed by atoms with Crippen LogP contribution in [-0.2, 0) is 12.7 Å². The molecule has 0 unspecified atom stereocenters. The average molecular weight is 542 g/mol. The van der Waals surface area contributed by atoms with Crippen molar-refractivity contribution >= 4 is 34.1 Å². The molecule has 14 heteroatoms. The molecule has 0 aliphatic heterocycles. The number of halogens is 4. The second kappa shape index (κ2) is 9.84. The highest BCUT2D eigenvalue weighted by Gasteiger charge is 2.41. The van der Waals surface area contributed by atoms with Crippen molar-refractivity contribution in [1.29, 1.82) is 0 Å². The molecule has 0 aliphatic carbocycles. The van der Waals surface area contributed by atoms with Gasteiger partial charge in [0.2, 0.25) is 0 Å². The molecule has 194 valence electrons. The maximum absolute atomic E-state index is 14.2. The van der Waals surface area contributed by atoms with Crippen molar-refractivity contribution in [2.45, 2.75) is 12.7 Å². The van der Waals surface area contributed by atoms with Crippen molar-refractivity contribution in [2.24, 2.45) is 0 Å². The maximum atomic E-state index is 14.2. The molecule has 0 spiro atoms.